The molecule has 0 aliphatic heterocycles. The third-order valence-corrected chi connectivity index (χ3v) is 3.31. The molecule has 0 aliphatic rings. The number of hydrogen-bond acceptors (Lipinski definition) is 2. The second-order valence-corrected chi connectivity index (χ2v) is 5.32. The van der Waals surface area contributed by atoms with Crippen LogP contribution in [-0.4, -0.2) is 18.8 Å². The second-order valence-electron chi connectivity index (χ2n) is 4.09. The zero-order valence-electron chi connectivity index (χ0n) is 10.7. The summed E-state index contributed by atoms with van der Waals surface area (Å²) in [6.45, 7) is 0.522. The van der Waals surface area contributed by atoms with E-state index in [-0.39, 0.29) is 10.2 Å². The van der Waals surface area contributed by atoms with Crippen LogP contribution in [0.25, 0.3) is 0 Å². The summed E-state index contributed by atoms with van der Waals surface area (Å²) in [5, 5.41) is 0. The van der Waals surface area contributed by atoms with Crippen LogP contribution < -0.4 is 9.47 Å². The Morgan fingerprint density at radius 2 is 1.80 bits per heavy atom. The SMILES string of the molecule is FC(F)(F)Oc1ccc(OCCCCCCCl)cc1Br. The number of alkyl halides is 4. The molecule has 20 heavy (non-hydrogen) atoms. The van der Waals surface area contributed by atoms with Gasteiger partial charge in [0.25, 0.3) is 0 Å². The molecule has 7 heteroatoms. The van der Waals surface area contributed by atoms with Gasteiger partial charge in [-0.2, -0.15) is 0 Å². The number of hydrogen-bond donors (Lipinski definition) is 0. The fourth-order valence-electron chi connectivity index (χ4n) is 1.52. The average molecular weight is 376 g/mol. The number of rotatable bonds is 8. The smallest absolute Gasteiger partial charge is 0.494 e. The minimum absolute atomic E-state index is 0.203. The van der Waals surface area contributed by atoms with E-state index in [4.69, 9.17) is 16.3 Å². The Morgan fingerprint density at radius 1 is 1.10 bits per heavy atom. The fraction of sp³-hybridized carbons (Fsp3) is 0.538. The molecule has 0 N–H and O–H groups in total. The number of ether oxygens (including phenoxy) is 2. The van der Waals surface area contributed by atoms with E-state index in [1.165, 1.54) is 18.2 Å². The van der Waals surface area contributed by atoms with Crippen LogP contribution in [0.5, 0.6) is 11.5 Å². The molecule has 0 saturated heterocycles. The molecule has 0 fully saturated rings. The topological polar surface area (TPSA) is 18.5 Å². The third kappa shape index (κ3) is 7.24. The predicted molar refractivity (Wildman–Crippen MR) is 75.5 cm³/mol. The first-order valence-electron chi connectivity index (χ1n) is 6.16. The van der Waals surface area contributed by atoms with Crippen molar-refractivity contribution >= 4 is 27.5 Å². The summed E-state index contributed by atoms with van der Waals surface area (Å²) in [7, 11) is 0. The van der Waals surface area contributed by atoms with E-state index in [1.807, 2.05) is 0 Å². The van der Waals surface area contributed by atoms with Gasteiger partial charge in [0.15, 0.2) is 0 Å². The minimum atomic E-state index is -4.70. The second kappa shape index (κ2) is 8.62. The molecule has 0 aliphatic carbocycles. The maximum atomic E-state index is 12.1. The van der Waals surface area contributed by atoms with Crippen molar-refractivity contribution in [1.82, 2.24) is 0 Å². The predicted octanol–water partition coefficient (Wildman–Crippen LogP) is 5.53. The minimum Gasteiger partial charge on any atom is -0.494 e. The van der Waals surface area contributed by atoms with Gasteiger partial charge in [0.05, 0.1) is 11.1 Å². The summed E-state index contributed by atoms with van der Waals surface area (Å²) in [4.78, 5) is 0. The lowest BCUT2D eigenvalue weighted by molar-refractivity contribution is -0.274. The van der Waals surface area contributed by atoms with Crippen LogP contribution in [0.2, 0.25) is 0 Å². The zero-order chi connectivity index (χ0) is 15.0. The number of halogens is 5. The summed E-state index contributed by atoms with van der Waals surface area (Å²) >= 11 is 8.58. The van der Waals surface area contributed by atoms with Crippen molar-refractivity contribution in [1.29, 1.82) is 0 Å². The van der Waals surface area contributed by atoms with Crippen LogP contribution in [0.4, 0.5) is 13.2 Å². The molecular formula is C13H15BrClF3O2. The Bertz CT molecular complexity index is 413. The number of benzene rings is 1. The van der Waals surface area contributed by atoms with Gasteiger partial charge in [-0.25, -0.2) is 0 Å². The molecule has 1 rings (SSSR count). The van der Waals surface area contributed by atoms with Crippen LogP contribution in [-0.2, 0) is 0 Å². The van der Waals surface area contributed by atoms with Crippen LogP contribution in [0, 0.1) is 0 Å². The molecule has 114 valence electrons. The molecule has 0 unspecified atom stereocenters. The summed E-state index contributed by atoms with van der Waals surface area (Å²) in [6, 6.07) is 4.13. The molecule has 1 aromatic rings. The zero-order valence-corrected chi connectivity index (χ0v) is 13.0. The largest absolute Gasteiger partial charge is 0.573 e. The van der Waals surface area contributed by atoms with Crippen molar-refractivity contribution < 1.29 is 22.6 Å². The lowest BCUT2D eigenvalue weighted by Gasteiger charge is -2.12. The molecule has 0 radical (unpaired) electrons. The van der Waals surface area contributed by atoms with Gasteiger partial charge in [-0.1, -0.05) is 12.8 Å². The Labute approximate surface area is 129 Å². The van der Waals surface area contributed by atoms with Gasteiger partial charge in [-0.05, 0) is 47.0 Å². The van der Waals surface area contributed by atoms with Crippen molar-refractivity contribution in [2.24, 2.45) is 0 Å². The maximum Gasteiger partial charge on any atom is 0.573 e. The van der Waals surface area contributed by atoms with Crippen molar-refractivity contribution in [2.45, 2.75) is 32.0 Å². The van der Waals surface area contributed by atoms with Crippen LogP contribution in [0.3, 0.4) is 0 Å². The highest BCUT2D eigenvalue weighted by Gasteiger charge is 2.31. The van der Waals surface area contributed by atoms with E-state index in [2.05, 4.69) is 20.7 Å². The molecule has 0 heterocycles. The van der Waals surface area contributed by atoms with Gasteiger partial charge in [-0.3, -0.25) is 0 Å². The molecular weight excluding hydrogens is 360 g/mol. The summed E-state index contributed by atoms with van der Waals surface area (Å²) in [6.07, 6.45) is -0.767. The Hall–Kier alpha value is -0.620. The van der Waals surface area contributed by atoms with E-state index >= 15 is 0 Å². The molecule has 0 spiro atoms. The molecule has 0 saturated carbocycles. The Morgan fingerprint density at radius 3 is 2.40 bits per heavy atom. The van der Waals surface area contributed by atoms with Crippen molar-refractivity contribution in [3.05, 3.63) is 22.7 Å². The van der Waals surface area contributed by atoms with Crippen LogP contribution in [0.1, 0.15) is 25.7 Å². The monoisotopic (exact) mass is 374 g/mol. The molecule has 0 atom stereocenters. The first-order chi connectivity index (χ1) is 9.42. The van der Waals surface area contributed by atoms with Crippen LogP contribution >= 0.6 is 27.5 Å². The van der Waals surface area contributed by atoms with Gasteiger partial charge in [0, 0.05) is 5.88 Å². The highest BCUT2D eigenvalue weighted by molar-refractivity contribution is 9.10. The Kier molecular flexibility index (Phi) is 7.51. The van der Waals surface area contributed by atoms with E-state index in [0.29, 0.717) is 18.2 Å². The summed E-state index contributed by atoms with van der Waals surface area (Å²) < 4.78 is 45.8. The lowest BCUT2D eigenvalue weighted by Crippen LogP contribution is -2.17. The lowest BCUT2D eigenvalue weighted by atomic mass is 10.2. The first-order valence-corrected chi connectivity index (χ1v) is 7.49. The molecule has 2 nitrogen and oxygen atoms in total. The van der Waals surface area contributed by atoms with Crippen molar-refractivity contribution in [3.8, 4) is 11.5 Å². The normalized spacial score (nSPS) is 11.4. The molecule has 1 aromatic carbocycles. The van der Waals surface area contributed by atoms with Gasteiger partial charge in [-0.15, -0.1) is 24.8 Å². The number of unbranched alkanes of at least 4 members (excludes halogenated alkanes) is 3. The van der Waals surface area contributed by atoms with E-state index < -0.39 is 6.36 Å². The fourth-order valence-corrected chi connectivity index (χ4v) is 2.15. The standard InChI is InChI=1S/C13H15BrClF3O2/c14-11-9-10(19-8-4-2-1-3-7-15)5-6-12(11)20-13(16,17)18/h5-6,9H,1-4,7-8H2. The van der Waals surface area contributed by atoms with Gasteiger partial charge in [0.1, 0.15) is 11.5 Å². The molecule has 0 aromatic heterocycles. The van der Waals surface area contributed by atoms with E-state index in [1.54, 1.807) is 0 Å². The van der Waals surface area contributed by atoms with Crippen molar-refractivity contribution in [2.75, 3.05) is 12.5 Å². The van der Waals surface area contributed by atoms with Crippen molar-refractivity contribution in [3.63, 3.8) is 0 Å². The average Bonchev–Trinajstić information content (AvgIpc) is 2.35. The molecule has 0 bridgehead atoms. The summed E-state index contributed by atoms with van der Waals surface area (Å²) in [5.41, 5.74) is 0. The van der Waals surface area contributed by atoms with E-state index in [0.717, 1.165) is 25.7 Å². The highest BCUT2D eigenvalue weighted by atomic mass is 79.9. The highest BCUT2D eigenvalue weighted by Crippen LogP contribution is 2.33. The van der Waals surface area contributed by atoms with E-state index in [9.17, 15) is 13.2 Å². The summed E-state index contributed by atoms with van der Waals surface area (Å²) in [5.74, 6) is 0.879. The first kappa shape index (κ1) is 17.4. The van der Waals surface area contributed by atoms with Gasteiger partial charge in [0.2, 0.25) is 0 Å². The van der Waals surface area contributed by atoms with Crippen LogP contribution in [0.15, 0.2) is 22.7 Å². The third-order valence-electron chi connectivity index (χ3n) is 2.43. The van der Waals surface area contributed by atoms with Gasteiger partial charge >= 0.3 is 6.36 Å². The van der Waals surface area contributed by atoms with Gasteiger partial charge < -0.3 is 9.47 Å². The maximum absolute atomic E-state index is 12.1. The quantitative estimate of drug-likeness (QED) is 0.439. The Balaban J connectivity index is 2.39. The molecule has 0 amide bonds.